The molecule has 0 aromatic rings. The summed E-state index contributed by atoms with van der Waals surface area (Å²) in [5.74, 6) is 0. The first-order valence-corrected chi connectivity index (χ1v) is 2.63. The van der Waals surface area contributed by atoms with Gasteiger partial charge in [-0.25, -0.2) is 0 Å². The Morgan fingerprint density at radius 2 is 1.71 bits per heavy atom. The van der Waals surface area contributed by atoms with Crippen LogP contribution in [-0.4, -0.2) is 23.7 Å². The third-order valence-electron chi connectivity index (χ3n) is 0.442. The maximum Gasteiger partial charge on any atom is 0 e. The molecule has 0 aliphatic heterocycles. The molecular formula is C3H8NS2Zn-. The van der Waals surface area contributed by atoms with Gasteiger partial charge in [-0.15, -0.1) is 0 Å². The van der Waals surface area contributed by atoms with Crippen molar-refractivity contribution in [3.8, 4) is 0 Å². The summed E-state index contributed by atoms with van der Waals surface area (Å²) in [5.41, 5.74) is 0. The van der Waals surface area contributed by atoms with Gasteiger partial charge in [-0.2, -0.15) is 12.6 Å². The summed E-state index contributed by atoms with van der Waals surface area (Å²) in [4.78, 5) is 1.85. The van der Waals surface area contributed by atoms with E-state index in [2.05, 4.69) is 12.6 Å². The molecule has 0 saturated carbocycles. The van der Waals surface area contributed by atoms with Gasteiger partial charge in [0.1, 0.15) is 0 Å². The number of hydrogen-bond acceptors (Lipinski definition) is 3. The van der Waals surface area contributed by atoms with Gasteiger partial charge in [-0.05, 0) is 14.1 Å². The third-order valence-corrected chi connectivity index (χ3v) is 1.33. The standard InChI is InChI=1S/C3H9NS2.Zn/c1-4(2)3(5)6;/h3,5-6H,1-2H3;/p-1. The molecule has 0 saturated heterocycles. The van der Waals surface area contributed by atoms with Gasteiger partial charge in [-0.1, -0.05) is 4.71 Å². The molecule has 7 heavy (non-hydrogen) atoms. The van der Waals surface area contributed by atoms with E-state index in [-0.39, 0.29) is 24.2 Å². The van der Waals surface area contributed by atoms with Crippen molar-refractivity contribution in [2.24, 2.45) is 0 Å². The van der Waals surface area contributed by atoms with Crippen LogP contribution in [0.5, 0.6) is 0 Å². The molecule has 0 aliphatic rings. The molecule has 1 unspecified atom stereocenters. The van der Waals surface area contributed by atoms with Crippen molar-refractivity contribution in [1.29, 1.82) is 0 Å². The fraction of sp³-hybridized carbons (Fsp3) is 1.00. The van der Waals surface area contributed by atoms with Crippen LogP contribution in [0.15, 0.2) is 0 Å². The molecule has 1 nitrogen and oxygen atoms in total. The molecule has 0 N–H and O–H groups in total. The van der Waals surface area contributed by atoms with E-state index in [1.54, 1.807) is 0 Å². The van der Waals surface area contributed by atoms with Crippen LogP contribution in [0.25, 0.3) is 0 Å². The van der Waals surface area contributed by atoms with Crippen LogP contribution in [0.2, 0.25) is 0 Å². The molecule has 40 valence electrons. The average molecular weight is 188 g/mol. The predicted molar refractivity (Wildman–Crippen MR) is 33.8 cm³/mol. The fourth-order valence-electron chi connectivity index (χ4n) is 0. The molecule has 0 spiro atoms. The van der Waals surface area contributed by atoms with Crippen LogP contribution in [0.3, 0.4) is 0 Å². The van der Waals surface area contributed by atoms with Gasteiger partial charge in [0.25, 0.3) is 0 Å². The SMILES string of the molecule is CN(C)C([S-])S.[Zn]. The van der Waals surface area contributed by atoms with Crippen molar-refractivity contribution in [3.63, 3.8) is 0 Å². The first kappa shape index (κ1) is 11.1. The molecule has 0 radical (unpaired) electrons. The summed E-state index contributed by atoms with van der Waals surface area (Å²) in [6, 6.07) is 0. The van der Waals surface area contributed by atoms with Crippen LogP contribution in [-0.2, 0) is 32.1 Å². The quantitative estimate of drug-likeness (QED) is 0.272. The minimum absolute atomic E-state index is 0. The van der Waals surface area contributed by atoms with E-state index in [1.807, 2.05) is 19.0 Å². The van der Waals surface area contributed by atoms with E-state index >= 15 is 0 Å². The molecule has 0 aromatic carbocycles. The van der Waals surface area contributed by atoms with Gasteiger partial charge in [0.15, 0.2) is 0 Å². The van der Waals surface area contributed by atoms with Crippen molar-refractivity contribution in [2.45, 2.75) is 4.71 Å². The molecule has 0 aromatic heterocycles. The molecule has 0 fully saturated rings. The predicted octanol–water partition coefficient (Wildman–Crippen LogP) is 0.306. The van der Waals surface area contributed by atoms with E-state index in [9.17, 15) is 0 Å². The Morgan fingerprint density at radius 3 is 1.71 bits per heavy atom. The summed E-state index contributed by atoms with van der Waals surface area (Å²) < 4.78 is -0.0370. The van der Waals surface area contributed by atoms with Crippen LogP contribution in [0.4, 0.5) is 0 Å². The maximum absolute atomic E-state index is 4.69. The van der Waals surface area contributed by atoms with Gasteiger partial charge < -0.3 is 17.5 Å². The van der Waals surface area contributed by atoms with E-state index in [0.29, 0.717) is 0 Å². The zero-order valence-electron chi connectivity index (χ0n) is 4.59. The van der Waals surface area contributed by atoms with E-state index in [4.69, 9.17) is 12.6 Å². The minimum atomic E-state index is -0.0370. The van der Waals surface area contributed by atoms with Crippen LogP contribution >= 0.6 is 12.6 Å². The fourth-order valence-corrected chi connectivity index (χ4v) is 0. The van der Waals surface area contributed by atoms with Crippen molar-refractivity contribution in [1.82, 2.24) is 4.90 Å². The summed E-state index contributed by atoms with van der Waals surface area (Å²) in [6.07, 6.45) is 0. The number of rotatable bonds is 1. The zero-order chi connectivity index (χ0) is 5.15. The molecule has 0 aliphatic carbocycles. The number of nitrogens with zero attached hydrogens (tertiary/aromatic N) is 1. The van der Waals surface area contributed by atoms with Crippen molar-refractivity contribution in [2.75, 3.05) is 14.1 Å². The molecular weight excluding hydrogens is 180 g/mol. The van der Waals surface area contributed by atoms with Gasteiger partial charge in [-0.3, -0.25) is 0 Å². The van der Waals surface area contributed by atoms with Crippen LogP contribution in [0.1, 0.15) is 0 Å². The Bertz CT molecular complexity index is 33.9. The second-order valence-corrected chi connectivity index (χ2v) is 2.57. The third kappa shape index (κ3) is 7.28. The molecule has 4 heteroatoms. The van der Waals surface area contributed by atoms with E-state index in [0.717, 1.165) is 0 Å². The van der Waals surface area contributed by atoms with E-state index < -0.39 is 0 Å². The molecule has 0 heterocycles. The Morgan fingerprint density at radius 1 is 1.57 bits per heavy atom. The summed E-state index contributed by atoms with van der Waals surface area (Å²) in [6.45, 7) is 0. The van der Waals surface area contributed by atoms with Crippen LogP contribution in [0, 0.1) is 0 Å². The summed E-state index contributed by atoms with van der Waals surface area (Å²) >= 11 is 8.63. The number of hydrogen-bond donors (Lipinski definition) is 1. The molecule has 1 atom stereocenters. The Hall–Kier alpha value is 1.28. The summed E-state index contributed by atoms with van der Waals surface area (Å²) in [7, 11) is 3.79. The number of thiol groups is 1. The van der Waals surface area contributed by atoms with Crippen molar-refractivity contribution >= 4 is 25.3 Å². The van der Waals surface area contributed by atoms with E-state index in [1.165, 1.54) is 0 Å². The monoisotopic (exact) mass is 186 g/mol. The zero-order valence-corrected chi connectivity index (χ0v) is 9.27. The second kappa shape index (κ2) is 5.42. The first-order valence-electron chi connectivity index (χ1n) is 1.65. The topological polar surface area (TPSA) is 3.24 Å². The Kier molecular flexibility index (Phi) is 8.62. The molecule has 0 amide bonds. The minimum Gasteiger partial charge on any atom is -0.763 e. The summed E-state index contributed by atoms with van der Waals surface area (Å²) in [5, 5.41) is 0. The van der Waals surface area contributed by atoms with Crippen molar-refractivity contribution < 1.29 is 19.5 Å². The van der Waals surface area contributed by atoms with Crippen molar-refractivity contribution in [3.05, 3.63) is 0 Å². The second-order valence-electron chi connectivity index (χ2n) is 1.29. The first-order chi connectivity index (χ1) is 2.64. The molecule has 0 bridgehead atoms. The smallest absolute Gasteiger partial charge is 0 e. The average Bonchev–Trinajstić information content (AvgIpc) is 1.36. The normalized spacial score (nSPS) is 13.3. The van der Waals surface area contributed by atoms with Gasteiger partial charge in [0, 0.05) is 19.5 Å². The Labute approximate surface area is 68.4 Å². The molecule has 0 rings (SSSR count). The van der Waals surface area contributed by atoms with Crippen LogP contribution < -0.4 is 0 Å². The van der Waals surface area contributed by atoms with Gasteiger partial charge in [0.05, 0.1) is 0 Å². The van der Waals surface area contributed by atoms with Gasteiger partial charge >= 0.3 is 0 Å². The van der Waals surface area contributed by atoms with Gasteiger partial charge in [0.2, 0.25) is 0 Å². The maximum atomic E-state index is 4.69. The Balaban J connectivity index is 0. The largest absolute Gasteiger partial charge is 0.763 e.